The molecule has 1 aliphatic heterocycles. The Morgan fingerprint density at radius 2 is 2.13 bits per heavy atom. The topological polar surface area (TPSA) is 33.3 Å². The molecule has 3 heteroatoms. The van der Waals surface area contributed by atoms with Gasteiger partial charge in [-0.1, -0.05) is 13.8 Å². The summed E-state index contributed by atoms with van der Waals surface area (Å²) in [5.74, 6) is 0. The van der Waals surface area contributed by atoms with E-state index in [2.05, 4.69) is 24.5 Å². The van der Waals surface area contributed by atoms with Gasteiger partial charge in [-0.25, -0.2) is 0 Å². The van der Waals surface area contributed by atoms with Crippen molar-refractivity contribution in [2.24, 2.45) is 0 Å². The molecule has 0 aromatic heterocycles. The van der Waals surface area contributed by atoms with Gasteiger partial charge in [0.1, 0.15) is 0 Å². The molecule has 0 aliphatic carbocycles. The van der Waals surface area contributed by atoms with Crippen molar-refractivity contribution < 1.29 is 4.74 Å². The van der Waals surface area contributed by atoms with E-state index in [1.165, 1.54) is 25.7 Å². The molecule has 15 heavy (non-hydrogen) atoms. The van der Waals surface area contributed by atoms with Gasteiger partial charge in [-0.15, -0.1) is 0 Å². The summed E-state index contributed by atoms with van der Waals surface area (Å²) in [6.07, 6.45) is 5.44. The van der Waals surface area contributed by atoms with Crippen molar-refractivity contribution in [3.8, 4) is 0 Å². The maximum atomic E-state index is 5.56. The van der Waals surface area contributed by atoms with Crippen LogP contribution in [0.4, 0.5) is 0 Å². The molecule has 1 atom stereocenters. The molecule has 1 saturated heterocycles. The molecule has 0 saturated carbocycles. The Morgan fingerprint density at radius 1 is 1.27 bits per heavy atom. The van der Waals surface area contributed by atoms with Crippen molar-refractivity contribution in [2.45, 2.75) is 51.7 Å². The van der Waals surface area contributed by atoms with Crippen molar-refractivity contribution >= 4 is 0 Å². The highest BCUT2D eigenvalue weighted by Crippen LogP contribution is 2.14. The van der Waals surface area contributed by atoms with Crippen LogP contribution in [0, 0.1) is 0 Å². The lowest BCUT2D eigenvalue weighted by Gasteiger charge is -2.11. The zero-order chi connectivity index (χ0) is 10.9. The average Bonchev–Trinajstić information content (AvgIpc) is 2.68. The van der Waals surface area contributed by atoms with Gasteiger partial charge in [0.15, 0.2) is 0 Å². The molecule has 0 spiro atoms. The monoisotopic (exact) mass is 214 g/mol. The molecular weight excluding hydrogens is 188 g/mol. The van der Waals surface area contributed by atoms with Gasteiger partial charge in [-0.05, 0) is 45.3 Å². The molecule has 1 rings (SSSR count). The molecule has 0 amide bonds. The van der Waals surface area contributed by atoms with E-state index in [1.807, 2.05) is 0 Å². The third kappa shape index (κ3) is 6.88. The highest BCUT2D eigenvalue weighted by Gasteiger charge is 2.13. The van der Waals surface area contributed by atoms with Crippen LogP contribution in [0.2, 0.25) is 0 Å². The molecule has 90 valence electrons. The molecule has 2 N–H and O–H groups in total. The summed E-state index contributed by atoms with van der Waals surface area (Å²) >= 11 is 0. The summed E-state index contributed by atoms with van der Waals surface area (Å²) in [5.41, 5.74) is 0. The summed E-state index contributed by atoms with van der Waals surface area (Å²) in [6.45, 7) is 8.68. The molecule has 0 bridgehead atoms. The second-order valence-corrected chi connectivity index (χ2v) is 4.64. The number of ether oxygens (including phenoxy) is 1. The van der Waals surface area contributed by atoms with Gasteiger partial charge in [-0.2, -0.15) is 0 Å². The fourth-order valence-corrected chi connectivity index (χ4v) is 1.86. The average molecular weight is 214 g/mol. The van der Waals surface area contributed by atoms with E-state index in [0.717, 1.165) is 26.2 Å². The quantitative estimate of drug-likeness (QED) is 0.601. The van der Waals surface area contributed by atoms with Gasteiger partial charge in [0.05, 0.1) is 6.10 Å². The SMILES string of the molecule is CC(C)NCCCNCCC1CCCO1. The Kier molecular flexibility index (Phi) is 6.98. The lowest BCUT2D eigenvalue weighted by molar-refractivity contribution is 0.104. The van der Waals surface area contributed by atoms with Gasteiger partial charge < -0.3 is 15.4 Å². The first-order chi connectivity index (χ1) is 7.29. The summed E-state index contributed by atoms with van der Waals surface area (Å²) in [6, 6.07) is 0.608. The molecule has 1 heterocycles. The summed E-state index contributed by atoms with van der Waals surface area (Å²) < 4.78 is 5.56. The van der Waals surface area contributed by atoms with E-state index in [9.17, 15) is 0 Å². The lowest BCUT2D eigenvalue weighted by atomic mass is 10.2. The van der Waals surface area contributed by atoms with E-state index >= 15 is 0 Å². The number of nitrogens with one attached hydrogen (secondary N) is 2. The van der Waals surface area contributed by atoms with Crippen molar-refractivity contribution in [2.75, 3.05) is 26.2 Å². The fraction of sp³-hybridized carbons (Fsp3) is 1.00. The second-order valence-electron chi connectivity index (χ2n) is 4.64. The fourth-order valence-electron chi connectivity index (χ4n) is 1.86. The minimum Gasteiger partial charge on any atom is -0.378 e. The number of rotatable bonds is 8. The van der Waals surface area contributed by atoms with Gasteiger partial charge in [-0.3, -0.25) is 0 Å². The maximum absolute atomic E-state index is 5.56. The second kappa shape index (κ2) is 8.08. The Balaban J connectivity index is 1.76. The Hall–Kier alpha value is -0.120. The minimum absolute atomic E-state index is 0.534. The smallest absolute Gasteiger partial charge is 0.0588 e. The summed E-state index contributed by atoms with van der Waals surface area (Å²) in [7, 11) is 0. The molecule has 0 aromatic carbocycles. The number of hydrogen-bond acceptors (Lipinski definition) is 3. The zero-order valence-corrected chi connectivity index (χ0v) is 10.2. The van der Waals surface area contributed by atoms with E-state index in [-0.39, 0.29) is 0 Å². The van der Waals surface area contributed by atoms with Crippen LogP contribution in [0.15, 0.2) is 0 Å². The van der Waals surface area contributed by atoms with Crippen molar-refractivity contribution in [1.82, 2.24) is 10.6 Å². The number of hydrogen-bond donors (Lipinski definition) is 2. The molecule has 1 aliphatic rings. The van der Waals surface area contributed by atoms with Gasteiger partial charge >= 0.3 is 0 Å². The van der Waals surface area contributed by atoms with Crippen LogP contribution < -0.4 is 10.6 Å². The van der Waals surface area contributed by atoms with E-state index < -0.39 is 0 Å². The van der Waals surface area contributed by atoms with Crippen molar-refractivity contribution in [3.05, 3.63) is 0 Å². The first-order valence-electron chi connectivity index (χ1n) is 6.34. The molecule has 1 unspecified atom stereocenters. The highest BCUT2D eigenvalue weighted by molar-refractivity contribution is 4.66. The lowest BCUT2D eigenvalue weighted by Crippen LogP contribution is -2.28. The maximum Gasteiger partial charge on any atom is 0.0588 e. The van der Waals surface area contributed by atoms with E-state index in [1.54, 1.807) is 0 Å². The summed E-state index contributed by atoms with van der Waals surface area (Å²) in [5, 5.41) is 6.88. The summed E-state index contributed by atoms with van der Waals surface area (Å²) in [4.78, 5) is 0. The first-order valence-corrected chi connectivity index (χ1v) is 6.34. The van der Waals surface area contributed by atoms with Crippen LogP contribution in [0.3, 0.4) is 0 Å². The molecule has 1 fully saturated rings. The normalized spacial score (nSPS) is 21.4. The van der Waals surface area contributed by atoms with Crippen LogP contribution in [0.1, 0.15) is 39.5 Å². The van der Waals surface area contributed by atoms with Crippen LogP contribution in [-0.2, 0) is 4.74 Å². The standard InChI is InChI=1S/C12H26N2O/c1-11(2)14-8-4-7-13-9-6-12-5-3-10-15-12/h11-14H,3-10H2,1-2H3. The Bertz CT molecular complexity index is 145. The predicted molar refractivity (Wildman–Crippen MR) is 64.2 cm³/mol. The molecule has 3 nitrogen and oxygen atoms in total. The van der Waals surface area contributed by atoms with Gasteiger partial charge in [0, 0.05) is 12.6 Å². The largest absolute Gasteiger partial charge is 0.378 e. The molecular formula is C12H26N2O. The Morgan fingerprint density at radius 3 is 2.80 bits per heavy atom. The van der Waals surface area contributed by atoms with E-state index in [4.69, 9.17) is 4.74 Å². The Labute approximate surface area is 94.0 Å². The minimum atomic E-state index is 0.534. The van der Waals surface area contributed by atoms with Crippen LogP contribution >= 0.6 is 0 Å². The third-order valence-corrected chi connectivity index (χ3v) is 2.75. The van der Waals surface area contributed by atoms with Crippen LogP contribution in [0.25, 0.3) is 0 Å². The van der Waals surface area contributed by atoms with Crippen molar-refractivity contribution in [1.29, 1.82) is 0 Å². The predicted octanol–water partition coefficient (Wildman–Crippen LogP) is 1.53. The van der Waals surface area contributed by atoms with Gasteiger partial charge in [0.2, 0.25) is 0 Å². The van der Waals surface area contributed by atoms with Crippen LogP contribution in [0.5, 0.6) is 0 Å². The highest BCUT2D eigenvalue weighted by atomic mass is 16.5. The molecule has 0 aromatic rings. The van der Waals surface area contributed by atoms with E-state index in [0.29, 0.717) is 12.1 Å². The molecule has 0 radical (unpaired) electrons. The third-order valence-electron chi connectivity index (χ3n) is 2.75. The van der Waals surface area contributed by atoms with Gasteiger partial charge in [0.25, 0.3) is 0 Å². The first kappa shape index (κ1) is 12.9. The zero-order valence-electron chi connectivity index (χ0n) is 10.2. The van der Waals surface area contributed by atoms with Crippen LogP contribution in [-0.4, -0.2) is 38.4 Å². The van der Waals surface area contributed by atoms with Crippen molar-refractivity contribution in [3.63, 3.8) is 0 Å².